The molecule has 0 saturated carbocycles. The topological polar surface area (TPSA) is 102 Å². The highest BCUT2D eigenvalue weighted by molar-refractivity contribution is 8.00. The van der Waals surface area contributed by atoms with Crippen LogP contribution in [0.15, 0.2) is 41.0 Å². The van der Waals surface area contributed by atoms with E-state index in [-0.39, 0.29) is 17.9 Å². The summed E-state index contributed by atoms with van der Waals surface area (Å²) in [5, 5.41) is 17.3. The van der Waals surface area contributed by atoms with E-state index in [9.17, 15) is 9.59 Å². The summed E-state index contributed by atoms with van der Waals surface area (Å²) in [4.78, 5) is 28.9. The molecule has 0 radical (unpaired) electrons. The van der Waals surface area contributed by atoms with Gasteiger partial charge in [0.2, 0.25) is 5.91 Å². The number of benzene rings is 1. The van der Waals surface area contributed by atoms with Crippen LogP contribution in [0.2, 0.25) is 5.02 Å². The lowest BCUT2D eigenvalue weighted by Gasteiger charge is -2.16. The number of nitrogens with zero attached hydrogens (tertiary/aromatic N) is 4. The fraction of sp³-hybridized carbons (Fsp3) is 0.316. The minimum absolute atomic E-state index is 0.161. The van der Waals surface area contributed by atoms with E-state index in [4.69, 9.17) is 11.6 Å². The largest absolute Gasteiger partial charge is 0.342 e. The highest BCUT2D eigenvalue weighted by Crippen LogP contribution is 2.26. The van der Waals surface area contributed by atoms with Crippen LogP contribution in [-0.2, 0) is 11.3 Å². The van der Waals surface area contributed by atoms with Crippen molar-refractivity contribution in [1.29, 1.82) is 0 Å². The third-order valence-corrected chi connectivity index (χ3v) is 6.24. The zero-order chi connectivity index (χ0) is 21.7. The van der Waals surface area contributed by atoms with Crippen LogP contribution in [0, 0.1) is 0 Å². The Hall–Kier alpha value is -2.43. The number of anilines is 1. The van der Waals surface area contributed by atoms with E-state index in [1.54, 1.807) is 42.8 Å². The van der Waals surface area contributed by atoms with Gasteiger partial charge in [0.15, 0.2) is 16.1 Å². The Bertz CT molecular complexity index is 1010. The molecule has 2 aromatic heterocycles. The normalized spacial score (nSPS) is 12.9. The lowest BCUT2D eigenvalue weighted by Crippen LogP contribution is -2.29. The maximum atomic E-state index is 12.5. The summed E-state index contributed by atoms with van der Waals surface area (Å²) in [7, 11) is 0. The number of carbonyl (C=O) groups is 2. The van der Waals surface area contributed by atoms with E-state index in [1.807, 2.05) is 18.4 Å². The molecular formula is C19H21ClN6O2S2. The number of hydrogen-bond donors (Lipinski definition) is 2. The van der Waals surface area contributed by atoms with Crippen molar-refractivity contribution in [2.45, 2.75) is 43.8 Å². The molecule has 0 aliphatic carbocycles. The molecule has 2 unspecified atom stereocenters. The first-order chi connectivity index (χ1) is 14.4. The van der Waals surface area contributed by atoms with Gasteiger partial charge >= 0.3 is 0 Å². The van der Waals surface area contributed by atoms with Crippen molar-refractivity contribution in [2.75, 3.05) is 5.32 Å². The molecule has 0 aliphatic heterocycles. The molecule has 0 fully saturated rings. The van der Waals surface area contributed by atoms with Gasteiger partial charge in [-0.25, -0.2) is 4.98 Å². The Morgan fingerprint density at radius 3 is 2.60 bits per heavy atom. The van der Waals surface area contributed by atoms with Crippen LogP contribution in [0.1, 0.15) is 43.0 Å². The summed E-state index contributed by atoms with van der Waals surface area (Å²) in [6, 6.07) is 6.30. The number of nitrogens with one attached hydrogen (secondary N) is 2. The Labute approximate surface area is 187 Å². The molecular weight excluding hydrogens is 444 g/mol. The molecule has 0 aliphatic rings. The van der Waals surface area contributed by atoms with Crippen LogP contribution in [0.4, 0.5) is 5.13 Å². The lowest BCUT2D eigenvalue weighted by molar-refractivity contribution is -0.115. The summed E-state index contributed by atoms with van der Waals surface area (Å²) in [6.07, 6.45) is 1.64. The Morgan fingerprint density at radius 1 is 1.23 bits per heavy atom. The van der Waals surface area contributed by atoms with Gasteiger partial charge in [0, 0.05) is 28.7 Å². The fourth-order valence-corrected chi connectivity index (χ4v) is 4.23. The Morgan fingerprint density at radius 2 is 1.97 bits per heavy atom. The quantitative estimate of drug-likeness (QED) is 0.488. The monoisotopic (exact) mass is 464 g/mol. The van der Waals surface area contributed by atoms with Gasteiger partial charge in [-0.1, -0.05) is 23.4 Å². The molecule has 2 atom stereocenters. The molecule has 2 N–H and O–H groups in total. The molecule has 11 heteroatoms. The van der Waals surface area contributed by atoms with Gasteiger partial charge in [-0.15, -0.1) is 21.5 Å². The predicted molar refractivity (Wildman–Crippen MR) is 119 cm³/mol. The maximum absolute atomic E-state index is 12.5. The predicted octanol–water partition coefficient (Wildman–Crippen LogP) is 4.02. The minimum Gasteiger partial charge on any atom is -0.342 e. The molecule has 0 spiro atoms. The Balaban J connectivity index is 1.67. The molecule has 2 heterocycles. The van der Waals surface area contributed by atoms with Crippen molar-refractivity contribution in [1.82, 2.24) is 25.1 Å². The average molecular weight is 465 g/mol. The molecule has 3 rings (SSSR count). The van der Waals surface area contributed by atoms with E-state index >= 15 is 0 Å². The van der Waals surface area contributed by atoms with Crippen molar-refractivity contribution in [2.24, 2.45) is 0 Å². The summed E-state index contributed by atoms with van der Waals surface area (Å²) < 4.78 is 1.89. The van der Waals surface area contributed by atoms with E-state index in [2.05, 4.69) is 25.8 Å². The first kappa shape index (κ1) is 22.3. The van der Waals surface area contributed by atoms with Gasteiger partial charge < -0.3 is 15.2 Å². The number of rotatable bonds is 8. The maximum Gasteiger partial charge on any atom is 0.251 e. The number of halogens is 1. The lowest BCUT2D eigenvalue weighted by atomic mass is 10.2. The summed E-state index contributed by atoms with van der Waals surface area (Å²) >= 11 is 8.55. The summed E-state index contributed by atoms with van der Waals surface area (Å²) in [5.74, 6) is 0.233. The van der Waals surface area contributed by atoms with Crippen LogP contribution < -0.4 is 10.6 Å². The fourth-order valence-electron chi connectivity index (χ4n) is 2.65. The number of amides is 2. The standard InChI is InChI=1S/C19H21ClN6O2S2/c1-4-26-15(11(2)22-17(28)13-5-7-14(20)8-6-13)24-25-19(26)30-12(3)16(27)23-18-21-9-10-29-18/h5-12H,4H2,1-3H3,(H,22,28)(H,21,23,27). The zero-order valence-corrected chi connectivity index (χ0v) is 19.0. The second-order valence-corrected chi connectivity index (χ2v) is 9.01. The van der Waals surface area contributed by atoms with Crippen LogP contribution in [0.5, 0.6) is 0 Å². The highest BCUT2D eigenvalue weighted by Gasteiger charge is 2.23. The molecule has 0 saturated heterocycles. The van der Waals surface area contributed by atoms with Gasteiger partial charge in [-0.3, -0.25) is 9.59 Å². The number of thiazole rings is 1. The van der Waals surface area contributed by atoms with E-state index < -0.39 is 5.25 Å². The minimum atomic E-state index is -0.393. The van der Waals surface area contributed by atoms with Crippen molar-refractivity contribution >= 4 is 51.6 Å². The molecule has 158 valence electrons. The van der Waals surface area contributed by atoms with Gasteiger partial charge in [0.05, 0.1) is 11.3 Å². The molecule has 2 amide bonds. The average Bonchev–Trinajstić information content (AvgIpc) is 3.37. The van der Waals surface area contributed by atoms with E-state index in [0.717, 1.165) is 0 Å². The molecule has 1 aromatic carbocycles. The van der Waals surface area contributed by atoms with E-state index in [1.165, 1.54) is 23.1 Å². The number of aromatic nitrogens is 4. The molecule has 30 heavy (non-hydrogen) atoms. The van der Waals surface area contributed by atoms with Gasteiger partial charge in [0.1, 0.15) is 0 Å². The van der Waals surface area contributed by atoms with Crippen molar-refractivity contribution < 1.29 is 9.59 Å². The molecule has 0 bridgehead atoms. The van der Waals surface area contributed by atoms with Gasteiger partial charge in [0.25, 0.3) is 5.91 Å². The molecule has 8 nitrogen and oxygen atoms in total. The summed E-state index contributed by atoms with van der Waals surface area (Å²) in [5.41, 5.74) is 0.510. The zero-order valence-electron chi connectivity index (χ0n) is 16.6. The highest BCUT2D eigenvalue weighted by atomic mass is 35.5. The van der Waals surface area contributed by atoms with Gasteiger partial charge in [-0.2, -0.15) is 0 Å². The van der Waals surface area contributed by atoms with Crippen molar-refractivity contribution in [3.63, 3.8) is 0 Å². The van der Waals surface area contributed by atoms with Crippen molar-refractivity contribution in [3.8, 4) is 0 Å². The number of thioether (sulfide) groups is 1. The first-order valence-electron chi connectivity index (χ1n) is 9.25. The van der Waals surface area contributed by atoms with Crippen molar-refractivity contribution in [3.05, 3.63) is 52.3 Å². The smallest absolute Gasteiger partial charge is 0.251 e. The number of carbonyl (C=O) groups excluding carboxylic acids is 2. The second-order valence-electron chi connectivity index (χ2n) is 6.37. The first-order valence-corrected chi connectivity index (χ1v) is 11.4. The van der Waals surface area contributed by atoms with Crippen LogP contribution in [-0.4, -0.2) is 36.8 Å². The summed E-state index contributed by atoms with van der Waals surface area (Å²) in [6.45, 7) is 6.21. The van der Waals surface area contributed by atoms with Crippen LogP contribution in [0.3, 0.4) is 0 Å². The van der Waals surface area contributed by atoms with E-state index in [0.29, 0.717) is 33.2 Å². The molecule has 3 aromatic rings. The SMILES string of the molecule is CCn1c(SC(C)C(=O)Nc2nccs2)nnc1C(C)NC(=O)c1ccc(Cl)cc1. The van der Waals surface area contributed by atoms with Gasteiger partial charge in [-0.05, 0) is 45.0 Å². The second kappa shape index (κ2) is 10.1. The number of hydrogen-bond acceptors (Lipinski definition) is 7. The third kappa shape index (κ3) is 5.38. The Kier molecular flexibility index (Phi) is 7.46. The third-order valence-electron chi connectivity index (χ3n) is 4.22. The van der Waals surface area contributed by atoms with Crippen LogP contribution in [0.25, 0.3) is 0 Å². The van der Waals surface area contributed by atoms with Crippen LogP contribution >= 0.6 is 34.7 Å².